The molecule has 0 aliphatic carbocycles. The van der Waals surface area contributed by atoms with Gasteiger partial charge in [0, 0.05) is 11.3 Å². The summed E-state index contributed by atoms with van der Waals surface area (Å²) in [6.07, 6.45) is 1.51. The summed E-state index contributed by atoms with van der Waals surface area (Å²) in [6, 6.07) is 21.7. The average molecular weight is 355 g/mol. The normalized spacial score (nSPS) is 10.7. The molecule has 0 unspecified atom stereocenters. The second-order valence-corrected chi connectivity index (χ2v) is 6.31. The zero-order valence-corrected chi connectivity index (χ0v) is 14.7. The third kappa shape index (κ3) is 3.35. The number of nitrogens with one attached hydrogen (secondary N) is 1. The number of aryl methyl sites for hydroxylation is 1. The lowest BCUT2D eigenvalue weighted by atomic mass is 10.1. The van der Waals surface area contributed by atoms with E-state index in [1.54, 1.807) is 36.4 Å². The SMILES string of the molecule is Cc1cccc(NC(=O)c2ccc(-n3cnc4ccccc4c3=O)cc2)c1. The summed E-state index contributed by atoms with van der Waals surface area (Å²) < 4.78 is 1.48. The van der Waals surface area contributed by atoms with Crippen molar-refractivity contribution < 1.29 is 4.79 Å². The van der Waals surface area contributed by atoms with Crippen molar-refractivity contribution in [1.82, 2.24) is 9.55 Å². The van der Waals surface area contributed by atoms with Gasteiger partial charge in [-0.15, -0.1) is 0 Å². The second kappa shape index (κ2) is 6.88. The highest BCUT2D eigenvalue weighted by atomic mass is 16.1. The minimum absolute atomic E-state index is 0.141. The molecule has 0 saturated heterocycles. The third-order valence-corrected chi connectivity index (χ3v) is 4.35. The fourth-order valence-electron chi connectivity index (χ4n) is 2.95. The van der Waals surface area contributed by atoms with E-state index in [-0.39, 0.29) is 11.5 Å². The van der Waals surface area contributed by atoms with Gasteiger partial charge in [0.2, 0.25) is 0 Å². The molecule has 0 saturated carbocycles. The summed E-state index contributed by atoms with van der Waals surface area (Å²) in [5.74, 6) is -0.198. The summed E-state index contributed by atoms with van der Waals surface area (Å²) in [5, 5.41) is 3.43. The molecule has 0 spiro atoms. The van der Waals surface area contributed by atoms with E-state index in [1.165, 1.54) is 10.9 Å². The van der Waals surface area contributed by atoms with Crippen LogP contribution >= 0.6 is 0 Å². The van der Waals surface area contributed by atoms with Crippen LogP contribution in [0.3, 0.4) is 0 Å². The average Bonchev–Trinajstić information content (AvgIpc) is 2.69. The lowest BCUT2D eigenvalue weighted by molar-refractivity contribution is 0.102. The molecule has 27 heavy (non-hydrogen) atoms. The predicted molar refractivity (Wildman–Crippen MR) is 106 cm³/mol. The molecule has 0 atom stereocenters. The first kappa shape index (κ1) is 16.7. The maximum Gasteiger partial charge on any atom is 0.265 e. The Morgan fingerprint density at radius 2 is 1.74 bits per heavy atom. The molecular formula is C22H17N3O2. The van der Waals surface area contributed by atoms with Gasteiger partial charge >= 0.3 is 0 Å². The molecular weight excluding hydrogens is 338 g/mol. The van der Waals surface area contributed by atoms with Crippen molar-refractivity contribution in [3.8, 4) is 5.69 Å². The molecule has 5 nitrogen and oxygen atoms in total. The van der Waals surface area contributed by atoms with E-state index in [4.69, 9.17) is 0 Å². The number of fused-ring (bicyclic) bond motifs is 1. The molecule has 4 aromatic rings. The summed E-state index contributed by atoms with van der Waals surface area (Å²) >= 11 is 0. The van der Waals surface area contributed by atoms with Gasteiger partial charge in [0.1, 0.15) is 6.33 Å². The zero-order valence-electron chi connectivity index (χ0n) is 14.7. The first-order valence-corrected chi connectivity index (χ1v) is 8.57. The Morgan fingerprint density at radius 1 is 0.963 bits per heavy atom. The lowest BCUT2D eigenvalue weighted by Crippen LogP contribution is -2.19. The largest absolute Gasteiger partial charge is 0.322 e. The van der Waals surface area contributed by atoms with Crippen molar-refractivity contribution in [3.05, 3.63) is 101 Å². The molecule has 0 bridgehead atoms. The molecule has 0 aliphatic rings. The maximum absolute atomic E-state index is 12.7. The van der Waals surface area contributed by atoms with Crippen LogP contribution < -0.4 is 10.9 Å². The third-order valence-electron chi connectivity index (χ3n) is 4.35. The summed E-state index contributed by atoms with van der Waals surface area (Å²) in [6.45, 7) is 1.97. The predicted octanol–water partition coefficient (Wildman–Crippen LogP) is 3.95. The van der Waals surface area contributed by atoms with E-state index in [2.05, 4.69) is 10.3 Å². The smallest absolute Gasteiger partial charge is 0.265 e. The quantitative estimate of drug-likeness (QED) is 0.605. The van der Waals surface area contributed by atoms with E-state index in [0.717, 1.165) is 11.3 Å². The maximum atomic E-state index is 12.7. The number of benzene rings is 3. The number of carbonyl (C=O) groups is 1. The standard InChI is InChI=1S/C22H17N3O2/c1-15-5-4-6-17(13-15)24-21(26)16-9-11-18(12-10-16)25-14-23-20-8-3-2-7-19(20)22(25)27/h2-14H,1H3,(H,24,26). The highest BCUT2D eigenvalue weighted by Crippen LogP contribution is 2.14. The molecule has 0 radical (unpaired) electrons. The number of carbonyl (C=O) groups excluding carboxylic acids is 1. The van der Waals surface area contributed by atoms with Gasteiger partial charge in [-0.3, -0.25) is 14.2 Å². The van der Waals surface area contributed by atoms with Gasteiger partial charge < -0.3 is 5.32 Å². The Labute approximate surface area is 155 Å². The Kier molecular flexibility index (Phi) is 4.26. The van der Waals surface area contributed by atoms with Crippen LogP contribution in [0, 0.1) is 6.92 Å². The van der Waals surface area contributed by atoms with Gasteiger partial charge in [0.25, 0.3) is 11.5 Å². The molecule has 0 aliphatic heterocycles. The molecule has 3 aromatic carbocycles. The first-order valence-electron chi connectivity index (χ1n) is 8.57. The van der Waals surface area contributed by atoms with Crippen LogP contribution in [-0.4, -0.2) is 15.5 Å². The fourth-order valence-corrected chi connectivity index (χ4v) is 2.95. The van der Waals surface area contributed by atoms with E-state index in [9.17, 15) is 9.59 Å². The minimum atomic E-state index is -0.198. The Bertz CT molecular complexity index is 1190. The van der Waals surface area contributed by atoms with Gasteiger partial charge in [0.15, 0.2) is 0 Å². The van der Waals surface area contributed by atoms with Crippen LogP contribution in [0.1, 0.15) is 15.9 Å². The van der Waals surface area contributed by atoms with Crippen LogP contribution in [-0.2, 0) is 0 Å². The van der Waals surface area contributed by atoms with Crippen molar-refractivity contribution in [3.63, 3.8) is 0 Å². The van der Waals surface area contributed by atoms with Crippen LogP contribution in [0.25, 0.3) is 16.6 Å². The number of hydrogen-bond donors (Lipinski definition) is 1. The topological polar surface area (TPSA) is 64.0 Å². The number of amides is 1. The van der Waals surface area contributed by atoms with E-state index >= 15 is 0 Å². The highest BCUT2D eigenvalue weighted by molar-refractivity contribution is 6.04. The molecule has 0 fully saturated rings. The second-order valence-electron chi connectivity index (χ2n) is 6.31. The number of rotatable bonds is 3. The number of hydrogen-bond acceptors (Lipinski definition) is 3. The van der Waals surface area contributed by atoms with Crippen molar-refractivity contribution in [1.29, 1.82) is 0 Å². The van der Waals surface area contributed by atoms with Crippen LogP contribution in [0.15, 0.2) is 83.9 Å². The van der Waals surface area contributed by atoms with E-state index < -0.39 is 0 Å². The number of nitrogens with zero attached hydrogens (tertiary/aromatic N) is 2. The van der Waals surface area contributed by atoms with Gasteiger partial charge in [0.05, 0.1) is 16.6 Å². The molecule has 1 heterocycles. The molecule has 1 N–H and O–H groups in total. The van der Waals surface area contributed by atoms with E-state index in [0.29, 0.717) is 22.2 Å². The van der Waals surface area contributed by atoms with Crippen LogP contribution in [0.4, 0.5) is 5.69 Å². The van der Waals surface area contributed by atoms with Crippen molar-refractivity contribution in [2.75, 3.05) is 5.32 Å². The van der Waals surface area contributed by atoms with Crippen LogP contribution in [0.5, 0.6) is 0 Å². The highest BCUT2D eigenvalue weighted by Gasteiger charge is 2.09. The molecule has 1 amide bonds. The lowest BCUT2D eigenvalue weighted by Gasteiger charge is -2.09. The Morgan fingerprint density at radius 3 is 2.52 bits per heavy atom. The van der Waals surface area contributed by atoms with Crippen molar-refractivity contribution in [2.24, 2.45) is 0 Å². The van der Waals surface area contributed by atoms with Gasteiger partial charge in [-0.25, -0.2) is 4.98 Å². The molecule has 132 valence electrons. The van der Waals surface area contributed by atoms with Crippen molar-refractivity contribution in [2.45, 2.75) is 6.92 Å². The Hall–Kier alpha value is -3.73. The van der Waals surface area contributed by atoms with Crippen molar-refractivity contribution >= 4 is 22.5 Å². The van der Waals surface area contributed by atoms with Gasteiger partial charge in [-0.2, -0.15) is 0 Å². The monoisotopic (exact) mass is 355 g/mol. The summed E-state index contributed by atoms with van der Waals surface area (Å²) in [5.41, 5.74) is 3.52. The fraction of sp³-hybridized carbons (Fsp3) is 0.0455. The minimum Gasteiger partial charge on any atom is -0.322 e. The molecule has 5 heteroatoms. The zero-order chi connectivity index (χ0) is 18.8. The Balaban J connectivity index is 1.62. The first-order chi connectivity index (χ1) is 13.1. The number of para-hydroxylation sites is 1. The van der Waals surface area contributed by atoms with Crippen LogP contribution in [0.2, 0.25) is 0 Å². The summed E-state index contributed by atoms with van der Waals surface area (Å²) in [7, 11) is 0. The summed E-state index contributed by atoms with van der Waals surface area (Å²) in [4.78, 5) is 29.4. The van der Waals surface area contributed by atoms with Gasteiger partial charge in [-0.1, -0.05) is 24.3 Å². The number of aromatic nitrogens is 2. The molecule has 4 rings (SSSR count). The number of anilines is 1. The van der Waals surface area contributed by atoms with E-state index in [1.807, 2.05) is 43.3 Å². The van der Waals surface area contributed by atoms with Gasteiger partial charge in [-0.05, 0) is 61.0 Å². The molecule has 1 aromatic heterocycles.